The van der Waals surface area contributed by atoms with Crippen LogP contribution in [0.1, 0.15) is 60.7 Å². The molecule has 208 valence electrons. The largest absolute Gasteiger partial charge is 0.337 e. The smallest absolute Gasteiger partial charge is 0.241 e. The number of aryl methyl sites for hydroxylation is 2. The summed E-state index contributed by atoms with van der Waals surface area (Å²) in [7, 11) is -1.89. The van der Waals surface area contributed by atoms with Gasteiger partial charge in [-0.05, 0) is 72.2 Å². The highest BCUT2D eigenvalue weighted by molar-refractivity contribution is 7.89. The lowest BCUT2D eigenvalue weighted by atomic mass is 9.87. The summed E-state index contributed by atoms with van der Waals surface area (Å²) >= 11 is 6.07. The Morgan fingerprint density at radius 1 is 1.12 bits per heavy atom. The lowest BCUT2D eigenvalue weighted by Gasteiger charge is -2.30. The molecule has 9 heteroatoms. The zero-order chi connectivity index (χ0) is 28.3. The van der Waals surface area contributed by atoms with Crippen molar-refractivity contribution in [2.45, 2.75) is 56.0 Å². The van der Waals surface area contributed by atoms with E-state index in [0.29, 0.717) is 24.4 Å². The number of benzene rings is 3. The number of aromatic nitrogens is 2. The number of rotatable bonds is 9. The maximum absolute atomic E-state index is 13.8. The molecule has 2 unspecified atom stereocenters. The molecule has 1 N–H and O–H groups in total. The van der Waals surface area contributed by atoms with Crippen molar-refractivity contribution in [2.75, 3.05) is 4.90 Å². The molecule has 1 aromatic heterocycles. The van der Waals surface area contributed by atoms with Gasteiger partial charge in [-0.3, -0.25) is 4.79 Å². The predicted molar refractivity (Wildman–Crippen MR) is 158 cm³/mol. The Hall–Kier alpha value is -3.46. The number of nitrogens with zero attached hydrogens (tertiary/aromatic N) is 3. The first-order valence-corrected chi connectivity index (χ1v) is 15.3. The molecule has 0 bridgehead atoms. The molecule has 1 heterocycles. The molecular weight excluding hydrogens is 544 g/mol. The Balaban J connectivity index is 1.46. The van der Waals surface area contributed by atoms with E-state index in [1.807, 2.05) is 66.3 Å². The average molecular weight is 577 g/mol. The standard InChI is InChI=1S/C31H33ClN4O3S/c1-22(23-8-4-3-5-9-23)18-31(37)36(21-30-33-16-17-35(30)2)26-15-14-24-10-6-13-29(28(24)20-26)34-40(38,39)27-12-7-11-25(32)19-27/h3-5,7-9,11-12,14-17,19-20,22,29,34H,6,10,13,18,21H2,1-2H3. The Bertz CT molecular complexity index is 1600. The summed E-state index contributed by atoms with van der Waals surface area (Å²) in [6, 6.07) is 21.8. The molecule has 0 radical (unpaired) electrons. The fourth-order valence-electron chi connectivity index (χ4n) is 5.25. The van der Waals surface area contributed by atoms with Crippen LogP contribution in [0.4, 0.5) is 5.69 Å². The quantitative estimate of drug-likeness (QED) is 0.259. The molecule has 1 aliphatic carbocycles. The Morgan fingerprint density at radius 3 is 2.65 bits per heavy atom. The van der Waals surface area contributed by atoms with Gasteiger partial charge in [0.2, 0.25) is 15.9 Å². The van der Waals surface area contributed by atoms with Gasteiger partial charge in [0.25, 0.3) is 0 Å². The number of sulfonamides is 1. The highest BCUT2D eigenvalue weighted by Crippen LogP contribution is 2.35. The third-order valence-corrected chi connectivity index (χ3v) is 9.23. The van der Waals surface area contributed by atoms with Gasteiger partial charge in [-0.25, -0.2) is 18.1 Å². The van der Waals surface area contributed by atoms with Gasteiger partial charge in [-0.2, -0.15) is 0 Å². The first-order valence-electron chi connectivity index (χ1n) is 13.4. The summed E-state index contributed by atoms with van der Waals surface area (Å²) in [5, 5.41) is 0.363. The highest BCUT2D eigenvalue weighted by Gasteiger charge is 2.28. The molecule has 5 rings (SSSR count). The fraction of sp³-hybridized carbons (Fsp3) is 0.290. The first kappa shape index (κ1) is 28.1. The van der Waals surface area contributed by atoms with E-state index in [1.165, 1.54) is 12.1 Å². The lowest BCUT2D eigenvalue weighted by molar-refractivity contribution is -0.119. The van der Waals surface area contributed by atoms with E-state index in [0.717, 1.165) is 41.0 Å². The maximum atomic E-state index is 13.8. The van der Waals surface area contributed by atoms with E-state index < -0.39 is 16.1 Å². The van der Waals surface area contributed by atoms with Crippen LogP contribution in [-0.2, 0) is 34.8 Å². The first-order chi connectivity index (χ1) is 19.2. The van der Waals surface area contributed by atoms with Crippen molar-refractivity contribution in [3.05, 3.63) is 113 Å². The Kier molecular flexibility index (Phi) is 8.40. The van der Waals surface area contributed by atoms with Crippen molar-refractivity contribution in [1.82, 2.24) is 14.3 Å². The summed E-state index contributed by atoms with van der Waals surface area (Å²) < 4.78 is 31.3. The van der Waals surface area contributed by atoms with E-state index in [1.54, 1.807) is 23.2 Å². The topological polar surface area (TPSA) is 84.3 Å². The Morgan fingerprint density at radius 2 is 1.93 bits per heavy atom. The van der Waals surface area contributed by atoms with E-state index >= 15 is 0 Å². The average Bonchev–Trinajstić information content (AvgIpc) is 3.36. The van der Waals surface area contributed by atoms with Crippen LogP contribution < -0.4 is 9.62 Å². The van der Waals surface area contributed by atoms with Gasteiger partial charge in [0, 0.05) is 42.6 Å². The summed E-state index contributed by atoms with van der Waals surface area (Å²) in [5.41, 5.74) is 3.80. The summed E-state index contributed by atoms with van der Waals surface area (Å²) in [5.74, 6) is 0.773. The second-order valence-corrected chi connectivity index (χ2v) is 12.5. The third-order valence-electron chi connectivity index (χ3n) is 7.53. The normalized spacial score (nSPS) is 15.8. The summed E-state index contributed by atoms with van der Waals surface area (Å²) in [4.78, 5) is 20.2. The number of carbonyl (C=O) groups is 1. The van der Waals surface area contributed by atoms with Crippen molar-refractivity contribution < 1.29 is 13.2 Å². The minimum Gasteiger partial charge on any atom is -0.337 e. The number of imidazole rings is 1. The zero-order valence-electron chi connectivity index (χ0n) is 22.6. The van der Waals surface area contributed by atoms with Gasteiger partial charge in [-0.15, -0.1) is 0 Å². The number of amides is 1. The Labute approximate surface area is 240 Å². The van der Waals surface area contributed by atoms with E-state index in [4.69, 9.17) is 11.6 Å². The maximum Gasteiger partial charge on any atom is 0.241 e. The second kappa shape index (κ2) is 12.0. The minimum absolute atomic E-state index is 0.0221. The molecule has 40 heavy (non-hydrogen) atoms. The van der Waals surface area contributed by atoms with Gasteiger partial charge in [0.1, 0.15) is 5.82 Å². The van der Waals surface area contributed by atoms with Crippen LogP contribution in [0, 0.1) is 0 Å². The monoisotopic (exact) mass is 576 g/mol. The SMILES string of the molecule is CC(CC(=O)N(Cc1nccn1C)c1ccc2c(c1)C(NS(=O)(=O)c1cccc(Cl)c1)CCC2)c1ccccc1. The molecule has 0 aliphatic heterocycles. The molecule has 2 atom stereocenters. The number of hydrogen-bond acceptors (Lipinski definition) is 4. The van der Waals surface area contributed by atoms with Crippen LogP contribution in [0.5, 0.6) is 0 Å². The van der Waals surface area contributed by atoms with Crippen LogP contribution in [0.3, 0.4) is 0 Å². The van der Waals surface area contributed by atoms with Crippen molar-refractivity contribution in [1.29, 1.82) is 0 Å². The molecule has 0 fully saturated rings. The van der Waals surface area contributed by atoms with Gasteiger partial charge >= 0.3 is 0 Å². The molecule has 1 aliphatic rings. The number of carbonyl (C=O) groups excluding carboxylic acids is 1. The van der Waals surface area contributed by atoms with Gasteiger partial charge in [0.05, 0.1) is 11.4 Å². The van der Waals surface area contributed by atoms with E-state index in [-0.39, 0.29) is 16.7 Å². The number of nitrogens with one attached hydrogen (secondary N) is 1. The number of hydrogen-bond donors (Lipinski definition) is 1. The molecule has 3 aromatic carbocycles. The summed E-state index contributed by atoms with van der Waals surface area (Å²) in [6.07, 6.45) is 6.28. The molecule has 0 spiro atoms. The van der Waals surface area contributed by atoms with Crippen LogP contribution in [0.25, 0.3) is 0 Å². The highest BCUT2D eigenvalue weighted by atomic mass is 35.5. The fourth-order valence-corrected chi connectivity index (χ4v) is 6.80. The summed E-state index contributed by atoms with van der Waals surface area (Å²) in [6.45, 7) is 2.36. The molecule has 1 amide bonds. The van der Waals surface area contributed by atoms with E-state index in [9.17, 15) is 13.2 Å². The van der Waals surface area contributed by atoms with Gasteiger partial charge in [-0.1, -0.05) is 61.0 Å². The van der Waals surface area contributed by atoms with Crippen LogP contribution in [-0.4, -0.2) is 23.9 Å². The molecule has 0 saturated carbocycles. The van der Waals surface area contributed by atoms with Gasteiger partial charge < -0.3 is 9.47 Å². The van der Waals surface area contributed by atoms with Gasteiger partial charge in [0.15, 0.2) is 0 Å². The third kappa shape index (κ3) is 6.30. The molecule has 7 nitrogen and oxygen atoms in total. The second-order valence-electron chi connectivity index (χ2n) is 10.4. The number of fused-ring (bicyclic) bond motifs is 1. The zero-order valence-corrected chi connectivity index (χ0v) is 24.2. The van der Waals surface area contributed by atoms with Crippen molar-refractivity contribution in [2.24, 2.45) is 7.05 Å². The van der Waals surface area contributed by atoms with Crippen molar-refractivity contribution in [3.8, 4) is 0 Å². The molecule has 0 saturated heterocycles. The molecular formula is C31H33ClN4O3S. The van der Waals surface area contributed by atoms with E-state index in [2.05, 4.69) is 16.6 Å². The number of anilines is 1. The molecule has 4 aromatic rings. The lowest BCUT2D eigenvalue weighted by Crippen LogP contribution is -2.34. The van der Waals surface area contributed by atoms with Crippen LogP contribution in [0.15, 0.2) is 90.1 Å². The van der Waals surface area contributed by atoms with Crippen molar-refractivity contribution in [3.63, 3.8) is 0 Å². The minimum atomic E-state index is -3.80. The predicted octanol–water partition coefficient (Wildman–Crippen LogP) is 6.16. The van der Waals surface area contributed by atoms with Crippen LogP contribution in [0.2, 0.25) is 5.02 Å². The van der Waals surface area contributed by atoms with Crippen LogP contribution >= 0.6 is 11.6 Å². The number of halogens is 1. The van der Waals surface area contributed by atoms with Crippen molar-refractivity contribution >= 4 is 33.2 Å².